The Balaban J connectivity index is 2.16. The molecule has 158 valence electrons. The fourth-order valence-corrected chi connectivity index (χ4v) is 2.44. The van der Waals surface area contributed by atoms with Crippen molar-refractivity contribution >= 4 is 41.2 Å². The van der Waals surface area contributed by atoms with Crippen LogP contribution in [0.25, 0.3) is 0 Å². The van der Waals surface area contributed by atoms with Gasteiger partial charge in [0.1, 0.15) is 22.3 Å². The number of hydrogen-bond acceptors (Lipinski definition) is 6. The number of ether oxygens (including phenoxy) is 2. The maximum absolute atomic E-state index is 14.1. The fraction of sp³-hybridized carbons (Fsp3) is 0.200. The highest BCUT2D eigenvalue weighted by Crippen LogP contribution is 2.35. The van der Waals surface area contributed by atoms with Crippen LogP contribution in [0.1, 0.15) is 10.4 Å². The molecule has 1 amide bonds. The molecule has 1 heterocycles. The number of pyridine rings is 1. The predicted molar refractivity (Wildman–Crippen MR) is 96.4 cm³/mol. The summed E-state index contributed by atoms with van der Waals surface area (Å²) in [5, 5.41) is 4.59. The molecule has 0 saturated carbocycles. The van der Waals surface area contributed by atoms with Crippen molar-refractivity contribution < 1.29 is 36.2 Å². The first kappa shape index (κ1) is 23.3. The number of alkyl halides is 4. The summed E-state index contributed by atoms with van der Waals surface area (Å²) in [5.41, 5.74) is -0.389. The minimum atomic E-state index is -4.39. The van der Waals surface area contributed by atoms with Crippen LogP contribution in [-0.4, -0.2) is 29.8 Å². The maximum atomic E-state index is 14.1. The topological polar surface area (TPSA) is 86.5 Å². The van der Waals surface area contributed by atoms with E-state index in [0.29, 0.717) is 12.1 Å². The summed E-state index contributed by atoms with van der Waals surface area (Å²) in [7, 11) is 0. The Kier molecular flexibility index (Phi) is 7.74. The van der Waals surface area contributed by atoms with Gasteiger partial charge in [-0.1, -0.05) is 23.2 Å². The highest BCUT2D eigenvalue weighted by atomic mass is 35.5. The number of amides is 1. The predicted octanol–water partition coefficient (Wildman–Crippen LogP) is 4.85. The molecule has 1 aromatic carbocycles. The maximum Gasteiger partial charge on any atom is 0.340 e. The molecule has 6 nitrogen and oxygen atoms in total. The molecule has 0 radical (unpaired) electrons. The Morgan fingerprint density at radius 2 is 1.97 bits per heavy atom. The molecule has 0 aliphatic heterocycles. The highest BCUT2D eigenvalue weighted by molar-refractivity contribution is 7.95. The molecule has 0 atom stereocenters. The van der Waals surface area contributed by atoms with Crippen LogP contribution in [0.4, 0.5) is 22.0 Å². The van der Waals surface area contributed by atoms with Crippen LogP contribution in [-0.2, 0) is 0 Å². The summed E-state index contributed by atoms with van der Waals surface area (Å²) in [6.45, 7) is -1.64. The summed E-state index contributed by atoms with van der Waals surface area (Å²) in [4.78, 5) is 15.2. The quantitative estimate of drug-likeness (QED) is 0.417. The molecule has 0 spiro atoms. The first-order chi connectivity index (χ1) is 13.5. The first-order valence-corrected chi connectivity index (χ1v) is 8.96. The zero-order chi connectivity index (χ0) is 21.8. The average Bonchev–Trinajstić information content (AvgIpc) is 2.63. The van der Waals surface area contributed by atoms with Gasteiger partial charge in [0.15, 0.2) is 6.61 Å². The largest absolute Gasteiger partial charge is 0.470 e. The van der Waals surface area contributed by atoms with Gasteiger partial charge in [0.2, 0.25) is 5.88 Å². The van der Waals surface area contributed by atoms with Crippen molar-refractivity contribution in [1.82, 2.24) is 9.71 Å². The number of carbonyl (C=O) groups is 1. The van der Waals surface area contributed by atoms with Crippen LogP contribution in [0.15, 0.2) is 24.4 Å². The van der Waals surface area contributed by atoms with Gasteiger partial charge in [-0.15, -0.1) is 0 Å². The second-order valence-electron chi connectivity index (χ2n) is 5.22. The highest BCUT2D eigenvalue weighted by Gasteiger charge is 2.42. The van der Waals surface area contributed by atoms with E-state index in [1.54, 1.807) is 0 Å². The molecule has 29 heavy (non-hydrogen) atoms. The monoisotopic (exact) mass is 477 g/mol. The number of hydrogen-bond donors (Lipinski definition) is 2. The summed E-state index contributed by atoms with van der Waals surface area (Å²) in [6, 6.07) is 2.88. The van der Waals surface area contributed by atoms with Crippen LogP contribution in [0, 0.1) is 5.82 Å². The van der Waals surface area contributed by atoms with Crippen molar-refractivity contribution in [3.05, 3.63) is 45.8 Å². The van der Waals surface area contributed by atoms with E-state index in [2.05, 4.69) is 14.4 Å². The minimum absolute atomic E-state index is 0.0982. The Bertz CT molecular complexity index is 908. The minimum Gasteiger partial charge on any atom is -0.470 e. The van der Waals surface area contributed by atoms with Crippen molar-refractivity contribution in [1.29, 1.82) is 0 Å². The Hall–Kier alpha value is -2.02. The van der Waals surface area contributed by atoms with E-state index in [1.807, 2.05) is 0 Å². The molecular formula is C15H10Cl2F5N3O3S. The van der Waals surface area contributed by atoms with E-state index in [4.69, 9.17) is 33.1 Å². The molecular weight excluding hydrogens is 468 g/mol. The summed E-state index contributed by atoms with van der Waals surface area (Å²) in [6.07, 6.45) is -2.96. The second kappa shape index (κ2) is 9.65. The number of nitrogens with zero attached hydrogens (tertiary/aromatic N) is 1. The fourth-order valence-electron chi connectivity index (χ4n) is 1.81. The lowest BCUT2D eigenvalue weighted by Crippen LogP contribution is -2.33. The molecule has 0 fully saturated rings. The van der Waals surface area contributed by atoms with Crippen LogP contribution < -0.4 is 19.3 Å². The summed E-state index contributed by atoms with van der Waals surface area (Å²) in [5.74, 6) is -7.03. The van der Waals surface area contributed by atoms with Crippen molar-refractivity contribution in [2.45, 2.75) is 12.3 Å². The number of benzene rings is 1. The first-order valence-electron chi connectivity index (χ1n) is 7.32. The smallest absolute Gasteiger partial charge is 0.340 e. The normalized spacial score (nSPS) is 11.5. The van der Waals surface area contributed by atoms with Gasteiger partial charge >= 0.3 is 12.3 Å². The van der Waals surface area contributed by atoms with Crippen LogP contribution in [0.3, 0.4) is 0 Å². The molecule has 2 aromatic rings. The van der Waals surface area contributed by atoms with E-state index in [0.717, 1.165) is 24.4 Å². The molecule has 0 aliphatic rings. The Labute approximate surface area is 174 Å². The Morgan fingerprint density at radius 1 is 1.28 bits per heavy atom. The zero-order valence-corrected chi connectivity index (χ0v) is 16.2. The number of nitrogens with one attached hydrogen (secondary N) is 1. The average molecular weight is 478 g/mol. The van der Waals surface area contributed by atoms with Crippen LogP contribution in [0.2, 0.25) is 10.0 Å². The van der Waals surface area contributed by atoms with Crippen molar-refractivity contribution in [3.8, 4) is 17.4 Å². The van der Waals surface area contributed by atoms with Crippen molar-refractivity contribution in [2.24, 2.45) is 5.14 Å². The van der Waals surface area contributed by atoms with Gasteiger partial charge in [0.25, 0.3) is 5.91 Å². The zero-order valence-electron chi connectivity index (χ0n) is 13.9. The number of rotatable bonds is 8. The molecule has 1 aromatic heterocycles. The van der Waals surface area contributed by atoms with Gasteiger partial charge in [0.05, 0.1) is 16.8 Å². The second-order valence-corrected chi connectivity index (χ2v) is 6.48. The number of aromatic nitrogens is 1. The van der Waals surface area contributed by atoms with Crippen molar-refractivity contribution in [3.63, 3.8) is 0 Å². The number of nitrogens with two attached hydrogens (primary N) is 1. The summed E-state index contributed by atoms with van der Waals surface area (Å²) < 4.78 is 76.1. The van der Waals surface area contributed by atoms with Crippen LogP contribution >= 0.6 is 35.3 Å². The van der Waals surface area contributed by atoms with Gasteiger partial charge in [-0.3, -0.25) is 14.7 Å². The molecule has 14 heteroatoms. The lowest BCUT2D eigenvalue weighted by molar-refractivity contribution is -0.148. The van der Waals surface area contributed by atoms with E-state index in [1.165, 1.54) is 0 Å². The lowest BCUT2D eigenvalue weighted by Gasteiger charge is -2.16. The van der Waals surface area contributed by atoms with E-state index in [-0.39, 0.29) is 27.1 Å². The van der Waals surface area contributed by atoms with Gasteiger partial charge in [0, 0.05) is 24.3 Å². The Morgan fingerprint density at radius 3 is 2.55 bits per heavy atom. The van der Waals surface area contributed by atoms with E-state index in [9.17, 15) is 26.7 Å². The number of halogens is 7. The lowest BCUT2D eigenvalue weighted by atomic mass is 10.2. The third-order valence-corrected chi connectivity index (χ3v) is 4.02. The molecule has 0 saturated heterocycles. The molecule has 0 bridgehead atoms. The molecule has 2 rings (SSSR count). The standard InChI is InChI=1S/C15H10Cl2F5N3O3S/c16-8-2-7(12(26)25-29-23)10(18)3-11(8)28-6-1-9(17)13(24-4-6)27-5-15(21,22)14(19)20/h1-4,14H,5,23H2,(H,25,26). The van der Waals surface area contributed by atoms with E-state index >= 15 is 0 Å². The van der Waals surface area contributed by atoms with Gasteiger partial charge < -0.3 is 9.47 Å². The third kappa shape index (κ3) is 5.98. The summed E-state index contributed by atoms with van der Waals surface area (Å²) >= 11 is 12.2. The molecule has 3 N–H and O–H groups in total. The number of carbonyl (C=O) groups excluding carboxylic acids is 1. The van der Waals surface area contributed by atoms with Gasteiger partial charge in [-0.25, -0.2) is 18.2 Å². The SMILES string of the molecule is NSNC(=O)c1cc(Cl)c(Oc2cnc(OCC(F)(F)C(F)F)c(Cl)c2)cc1F. The molecule has 0 unspecified atom stereocenters. The molecule has 0 aliphatic carbocycles. The third-order valence-electron chi connectivity index (χ3n) is 3.15. The van der Waals surface area contributed by atoms with Gasteiger partial charge in [-0.05, 0) is 6.07 Å². The van der Waals surface area contributed by atoms with Crippen LogP contribution in [0.5, 0.6) is 17.4 Å². The van der Waals surface area contributed by atoms with Gasteiger partial charge in [-0.2, -0.15) is 8.78 Å². The van der Waals surface area contributed by atoms with E-state index < -0.39 is 36.6 Å². The van der Waals surface area contributed by atoms with Crippen molar-refractivity contribution in [2.75, 3.05) is 6.61 Å².